The molecule has 0 aromatic rings. The first-order chi connectivity index (χ1) is 6.47. The van der Waals surface area contributed by atoms with Crippen LogP contribution in [0.4, 0.5) is 0 Å². The van der Waals surface area contributed by atoms with Crippen LogP contribution in [0.2, 0.25) is 19.6 Å². The zero-order chi connectivity index (χ0) is 10.4. The summed E-state index contributed by atoms with van der Waals surface area (Å²) in [6, 6.07) is 0. The van der Waals surface area contributed by atoms with Crippen molar-refractivity contribution >= 4 is 8.32 Å². The predicted molar refractivity (Wildman–Crippen MR) is 62.9 cm³/mol. The highest BCUT2D eigenvalue weighted by atomic mass is 28.4. The average Bonchev–Trinajstić information content (AvgIpc) is 2.73. The van der Waals surface area contributed by atoms with Crippen molar-refractivity contribution in [3.63, 3.8) is 0 Å². The number of fused-ring (bicyclic) bond motifs is 1. The van der Waals surface area contributed by atoms with Crippen molar-refractivity contribution in [2.75, 3.05) is 0 Å². The highest BCUT2D eigenvalue weighted by Crippen LogP contribution is 2.60. The minimum absolute atomic E-state index is 0.364. The molecule has 0 heterocycles. The quantitative estimate of drug-likeness (QED) is 0.646. The summed E-state index contributed by atoms with van der Waals surface area (Å²) in [7, 11) is -1.32. The van der Waals surface area contributed by atoms with Gasteiger partial charge in [0.25, 0.3) is 0 Å². The first-order valence-electron chi connectivity index (χ1n) is 6.17. The summed E-state index contributed by atoms with van der Waals surface area (Å²) in [5.74, 6) is 1.90. The summed E-state index contributed by atoms with van der Waals surface area (Å²) in [6.45, 7) is 9.32. The molecule has 2 fully saturated rings. The third-order valence-corrected chi connectivity index (χ3v) is 4.88. The Kier molecular flexibility index (Phi) is 2.55. The van der Waals surface area contributed by atoms with E-state index < -0.39 is 8.32 Å². The third-order valence-electron chi connectivity index (χ3n) is 3.86. The Labute approximate surface area is 89.4 Å². The van der Waals surface area contributed by atoms with Gasteiger partial charge in [-0.1, -0.05) is 19.8 Å². The van der Waals surface area contributed by atoms with Crippen molar-refractivity contribution in [3.05, 3.63) is 0 Å². The van der Waals surface area contributed by atoms with Crippen LogP contribution in [0, 0.1) is 11.8 Å². The van der Waals surface area contributed by atoms with Gasteiger partial charge in [-0.3, -0.25) is 0 Å². The van der Waals surface area contributed by atoms with E-state index in [0.29, 0.717) is 5.60 Å². The molecule has 0 saturated heterocycles. The van der Waals surface area contributed by atoms with Crippen LogP contribution in [0.5, 0.6) is 0 Å². The third kappa shape index (κ3) is 1.92. The van der Waals surface area contributed by atoms with Crippen molar-refractivity contribution in [3.8, 4) is 0 Å². The van der Waals surface area contributed by atoms with Crippen LogP contribution in [-0.4, -0.2) is 13.9 Å². The van der Waals surface area contributed by atoms with Crippen LogP contribution in [-0.2, 0) is 4.43 Å². The second kappa shape index (κ2) is 3.34. The van der Waals surface area contributed by atoms with E-state index in [-0.39, 0.29) is 0 Å². The smallest absolute Gasteiger partial charge is 0.184 e. The normalized spacial score (nSPS) is 42.0. The second-order valence-electron chi connectivity index (χ2n) is 6.15. The molecule has 0 aromatic carbocycles. The second-order valence-corrected chi connectivity index (χ2v) is 10.6. The lowest BCUT2D eigenvalue weighted by molar-refractivity contribution is 0.0964. The molecule has 82 valence electrons. The molecular weight excluding hydrogens is 188 g/mol. The predicted octanol–water partition coefficient (Wildman–Crippen LogP) is 3.81. The average molecular weight is 212 g/mol. The summed E-state index contributed by atoms with van der Waals surface area (Å²) in [5, 5.41) is 0. The molecule has 1 nitrogen and oxygen atoms in total. The molecule has 2 rings (SSSR count). The van der Waals surface area contributed by atoms with Crippen LogP contribution < -0.4 is 0 Å². The lowest BCUT2D eigenvalue weighted by Gasteiger charge is -2.33. The maximum Gasteiger partial charge on any atom is 0.184 e. The van der Waals surface area contributed by atoms with Gasteiger partial charge < -0.3 is 4.43 Å². The molecule has 0 N–H and O–H groups in total. The van der Waals surface area contributed by atoms with Gasteiger partial charge >= 0.3 is 0 Å². The Bertz CT molecular complexity index is 221. The Hall–Kier alpha value is 0.177. The molecule has 0 aliphatic heterocycles. The summed E-state index contributed by atoms with van der Waals surface area (Å²) < 4.78 is 6.41. The van der Waals surface area contributed by atoms with E-state index in [0.717, 1.165) is 11.8 Å². The molecule has 2 heteroatoms. The first kappa shape index (κ1) is 10.7. The van der Waals surface area contributed by atoms with E-state index in [1.54, 1.807) is 0 Å². The molecule has 14 heavy (non-hydrogen) atoms. The fourth-order valence-corrected chi connectivity index (χ4v) is 4.88. The molecule has 2 aliphatic carbocycles. The summed E-state index contributed by atoms with van der Waals surface area (Å²) in [4.78, 5) is 0. The molecule has 0 spiro atoms. The topological polar surface area (TPSA) is 9.23 Å². The van der Waals surface area contributed by atoms with E-state index >= 15 is 0 Å². The van der Waals surface area contributed by atoms with Crippen molar-refractivity contribution in [1.82, 2.24) is 0 Å². The van der Waals surface area contributed by atoms with Crippen molar-refractivity contribution in [2.45, 2.75) is 64.3 Å². The van der Waals surface area contributed by atoms with Gasteiger partial charge in [-0.25, -0.2) is 0 Å². The molecule has 3 atom stereocenters. The van der Waals surface area contributed by atoms with Gasteiger partial charge in [0.2, 0.25) is 0 Å². The first-order valence-corrected chi connectivity index (χ1v) is 9.58. The molecular formula is C12H24OSi. The minimum atomic E-state index is -1.32. The van der Waals surface area contributed by atoms with Crippen LogP contribution in [0.25, 0.3) is 0 Å². The van der Waals surface area contributed by atoms with Gasteiger partial charge in [-0.05, 0) is 50.7 Å². The fourth-order valence-electron chi connectivity index (χ4n) is 3.33. The van der Waals surface area contributed by atoms with Gasteiger partial charge in [0.1, 0.15) is 0 Å². The van der Waals surface area contributed by atoms with Gasteiger partial charge in [0.05, 0.1) is 5.60 Å². The Morgan fingerprint density at radius 1 is 1.36 bits per heavy atom. The Morgan fingerprint density at radius 3 is 2.64 bits per heavy atom. The van der Waals surface area contributed by atoms with Gasteiger partial charge in [-0.15, -0.1) is 0 Å². The molecule has 0 aromatic heterocycles. The number of rotatable bonds is 3. The number of hydrogen-bond donors (Lipinski definition) is 0. The lowest BCUT2D eigenvalue weighted by atomic mass is 9.86. The Balaban J connectivity index is 1.99. The molecule has 0 bridgehead atoms. The van der Waals surface area contributed by atoms with Crippen molar-refractivity contribution < 1.29 is 4.43 Å². The Morgan fingerprint density at radius 2 is 2.07 bits per heavy atom. The standard InChI is InChI=1S/C12H24OSi/c1-5-10-7-6-8-12(9-11(10)12)13-14(2,3)4/h10-11H,5-9H2,1-4H3. The van der Waals surface area contributed by atoms with E-state index in [4.69, 9.17) is 4.43 Å². The van der Waals surface area contributed by atoms with E-state index in [1.165, 1.54) is 32.1 Å². The van der Waals surface area contributed by atoms with Crippen LogP contribution >= 0.6 is 0 Å². The largest absolute Gasteiger partial charge is 0.412 e. The maximum absolute atomic E-state index is 6.41. The SMILES string of the molecule is CCC1CCCC2(O[Si](C)(C)C)CC12. The summed E-state index contributed by atoms with van der Waals surface area (Å²) in [6.07, 6.45) is 6.94. The summed E-state index contributed by atoms with van der Waals surface area (Å²) in [5.41, 5.74) is 0.364. The van der Waals surface area contributed by atoms with Gasteiger partial charge in [0, 0.05) is 0 Å². The van der Waals surface area contributed by atoms with Gasteiger partial charge in [0.15, 0.2) is 8.32 Å². The highest BCUT2D eigenvalue weighted by molar-refractivity contribution is 6.69. The van der Waals surface area contributed by atoms with E-state index in [9.17, 15) is 0 Å². The minimum Gasteiger partial charge on any atom is -0.412 e. The zero-order valence-corrected chi connectivity index (χ0v) is 11.1. The van der Waals surface area contributed by atoms with E-state index in [2.05, 4.69) is 26.6 Å². The molecule has 2 aliphatic rings. The van der Waals surface area contributed by atoms with E-state index in [1.807, 2.05) is 0 Å². The highest BCUT2D eigenvalue weighted by Gasteiger charge is 2.60. The molecule has 0 radical (unpaired) electrons. The lowest BCUT2D eigenvalue weighted by Crippen LogP contribution is -2.37. The van der Waals surface area contributed by atoms with Gasteiger partial charge in [-0.2, -0.15) is 0 Å². The maximum atomic E-state index is 6.41. The van der Waals surface area contributed by atoms with Crippen LogP contribution in [0.3, 0.4) is 0 Å². The zero-order valence-electron chi connectivity index (χ0n) is 10.1. The monoisotopic (exact) mass is 212 g/mol. The summed E-state index contributed by atoms with van der Waals surface area (Å²) >= 11 is 0. The van der Waals surface area contributed by atoms with Crippen LogP contribution in [0.15, 0.2) is 0 Å². The fraction of sp³-hybridized carbons (Fsp3) is 1.00. The molecule has 2 saturated carbocycles. The molecule has 0 amide bonds. The van der Waals surface area contributed by atoms with Crippen molar-refractivity contribution in [2.24, 2.45) is 11.8 Å². The van der Waals surface area contributed by atoms with Crippen molar-refractivity contribution in [1.29, 1.82) is 0 Å². The molecule has 3 unspecified atom stereocenters. The van der Waals surface area contributed by atoms with Crippen LogP contribution in [0.1, 0.15) is 39.0 Å². The number of hydrogen-bond acceptors (Lipinski definition) is 1.